The normalized spacial score (nSPS) is 11.3. The average Bonchev–Trinajstić information content (AvgIpc) is 2.92. The van der Waals surface area contributed by atoms with Crippen molar-refractivity contribution in [2.75, 3.05) is 18.0 Å². The number of rotatable bonds is 5. The first-order valence-electron chi connectivity index (χ1n) is 5.63. The summed E-state index contributed by atoms with van der Waals surface area (Å²) in [6.45, 7) is 2.31. The van der Waals surface area contributed by atoms with E-state index < -0.39 is 10.0 Å². The van der Waals surface area contributed by atoms with E-state index in [-0.39, 0.29) is 10.8 Å². The minimum absolute atomic E-state index is 0.136. The Morgan fingerprint density at radius 3 is 2.84 bits per heavy atom. The lowest BCUT2D eigenvalue weighted by Crippen LogP contribution is -2.27. The second kappa shape index (κ2) is 5.27. The molecule has 8 heteroatoms. The van der Waals surface area contributed by atoms with E-state index in [2.05, 4.69) is 15.2 Å². The molecule has 7 nitrogen and oxygen atoms in total. The van der Waals surface area contributed by atoms with Gasteiger partial charge in [-0.15, -0.1) is 0 Å². The number of sulfonamides is 1. The Morgan fingerprint density at radius 2 is 2.21 bits per heavy atom. The zero-order chi connectivity index (χ0) is 13.9. The van der Waals surface area contributed by atoms with Crippen molar-refractivity contribution in [2.45, 2.75) is 11.8 Å². The number of ether oxygens (including phenoxy) is 1. The number of H-pyrrole nitrogens is 1. The topological polar surface area (TPSA) is 88.2 Å². The Balaban J connectivity index is 2.36. The van der Waals surface area contributed by atoms with Crippen LogP contribution < -0.4 is 9.04 Å². The second-order valence-corrected chi connectivity index (χ2v) is 5.66. The molecule has 1 aromatic carbocycles. The molecule has 2 rings (SSSR count). The molecule has 0 aliphatic carbocycles. The highest BCUT2D eigenvalue weighted by Crippen LogP contribution is 2.22. The molecule has 0 aliphatic heterocycles. The Hall–Kier alpha value is -2.09. The second-order valence-electron chi connectivity index (χ2n) is 3.69. The van der Waals surface area contributed by atoms with E-state index >= 15 is 0 Å². The lowest BCUT2D eigenvalue weighted by molar-refractivity contribution is 0.339. The Labute approximate surface area is 111 Å². The summed E-state index contributed by atoms with van der Waals surface area (Å²) in [5.74, 6) is 0.663. The number of aromatic amines is 1. The maximum absolute atomic E-state index is 12.4. The van der Waals surface area contributed by atoms with Gasteiger partial charge in [0.25, 0.3) is 10.0 Å². The highest BCUT2D eigenvalue weighted by molar-refractivity contribution is 7.92. The van der Waals surface area contributed by atoms with Gasteiger partial charge in [-0.25, -0.2) is 17.8 Å². The molecule has 102 valence electrons. The highest BCUT2D eigenvalue weighted by Gasteiger charge is 2.23. The minimum atomic E-state index is -3.68. The zero-order valence-corrected chi connectivity index (χ0v) is 11.4. The average molecular weight is 282 g/mol. The molecule has 2 aromatic rings. The Kier molecular flexibility index (Phi) is 3.70. The van der Waals surface area contributed by atoms with Crippen LogP contribution in [0.2, 0.25) is 0 Å². The van der Waals surface area contributed by atoms with Crippen molar-refractivity contribution in [3.63, 3.8) is 0 Å². The first-order valence-corrected chi connectivity index (χ1v) is 7.07. The third kappa shape index (κ3) is 2.68. The molecular formula is C11H14N4O3S. The van der Waals surface area contributed by atoms with Gasteiger partial charge < -0.3 is 4.74 Å². The highest BCUT2D eigenvalue weighted by atomic mass is 32.2. The SMILES string of the molecule is CCOc1cccc(S(=O)(=O)N(C)c2ncn[nH]2)c1. The standard InChI is InChI=1S/C11H14N4O3S/c1-3-18-9-5-4-6-10(7-9)19(16,17)15(2)11-12-8-13-14-11/h4-8H,3H2,1-2H3,(H,12,13,14). The van der Waals surface area contributed by atoms with Crippen LogP contribution in [0.25, 0.3) is 0 Å². The van der Waals surface area contributed by atoms with Crippen molar-refractivity contribution in [2.24, 2.45) is 0 Å². The van der Waals surface area contributed by atoms with Crippen molar-refractivity contribution in [1.82, 2.24) is 15.2 Å². The van der Waals surface area contributed by atoms with Gasteiger partial charge in [-0.1, -0.05) is 6.07 Å². The number of nitrogens with one attached hydrogen (secondary N) is 1. The predicted octanol–water partition coefficient (Wildman–Crippen LogP) is 1.03. The maximum atomic E-state index is 12.4. The fraction of sp³-hybridized carbons (Fsp3) is 0.273. The lowest BCUT2D eigenvalue weighted by atomic mass is 10.3. The van der Waals surface area contributed by atoms with Crippen LogP contribution in [0.5, 0.6) is 5.75 Å². The van der Waals surface area contributed by atoms with Crippen LogP contribution >= 0.6 is 0 Å². The summed E-state index contributed by atoms with van der Waals surface area (Å²) in [5.41, 5.74) is 0. The largest absolute Gasteiger partial charge is 0.494 e. The smallest absolute Gasteiger partial charge is 0.266 e. The quantitative estimate of drug-likeness (QED) is 0.884. The maximum Gasteiger partial charge on any atom is 0.266 e. The van der Waals surface area contributed by atoms with Crippen molar-refractivity contribution < 1.29 is 13.2 Å². The third-order valence-corrected chi connectivity index (χ3v) is 4.22. The Bertz CT molecular complexity index is 640. The number of anilines is 1. The molecular weight excluding hydrogens is 268 g/mol. The van der Waals surface area contributed by atoms with Crippen LogP contribution in [-0.4, -0.2) is 37.3 Å². The van der Waals surface area contributed by atoms with E-state index in [1.54, 1.807) is 12.1 Å². The van der Waals surface area contributed by atoms with Gasteiger partial charge in [-0.05, 0) is 19.1 Å². The first kappa shape index (κ1) is 13.3. The molecule has 0 saturated carbocycles. The van der Waals surface area contributed by atoms with Crippen LogP contribution in [0.15, 0.2) is 35.5 Å². The van der Waals surface area contributed by atoms with E-state index in [0.29, 0.717) is 12.4 Å². The van der Waals surface area contributed by atoms with Crippen molar-refractivity contribution >= 4 is 16.0 Å². The van der Waals surface area contributed by atoms with Crippen molar-refractivity contribution in [3.8, 4) is 5.75 Å². The van der Waals surface area contributed by atoms with Gasteiger partial charge in [0.15, 0.2) is 0 Å². The summed E-state index contributed by atoms with van der Waals surface area (Å²) in [7, 11) is -2.28. The number of hydrogen-bond acceptors (Lipinski definition) is 5. The predicted molar refractivity (Wildman–Crippen MR) is 69.6 cm³/mol. The van der Waals surface area contributed by atoms with Crippen LogP contribution in [0.4, 0.5) is 5.95 Å². The van der Waals surface area contributed by atoms with Gasteiger partial charge in [-0.3, -0.25) is 0 Å². The fourth-order valence-electron chi connectivity index (χ4n) is 1.51. The monoisotopic (exact) mass is 282 g/mol. The van der Waals surface area contributed by atoms with Crippen molar-refractivity contribution in [3.05, 3.63) is 30.6 Å². The molecule has 1 N–H and O–H groups in total. The lowest BCUT2D eigenvalue weighted by Gasteiger charge is -2.16. The van der Waals surface area contributed by atoms with Gasteiger partial charge in [0.1, 0.15) is 12.1 Å². The van der Waals surface area contributed by atoms with Gasteiger partial charge in [0.2, 0.25) is 5.95 Å². The molecule has 0 spiro atoms. The molecule has 1 heterocycles. The van der Waals surface area contributed by atoms with Crippen LogP contribution in [-0.2, 0) is 10.0 Å². The minimum Gasteiger partial charge on any atom is -0.494 e. The molecule has 0 saturated heterocycles. The number of hydrogen-bond donors (Lipinski definition) is 1. The molecule has 0 fully saturated rings. The molecule has 0 radical (unpaired) electrons. The summed E-state index contributed by atoms with van der Waals surface area (Å²) in [4.78, 5) is 3.95. The third-order valence-electron chi connectivity index (χ3n) is 2.48. The summed E-state index contributed by atoms with van der Waals surface area (Å²) in [6.07, 6.45) is 1.25. The first-order chi connectivity index (χ1) is 9.05. The molecule has 0 bridgehead atoms. The number of benzene rings is 1. The molecule has 0 atom stereocenters. The zero-order valence-electron chi connectivity index (χ0n) is 10.6. The molecule has 0 aliphatic rings. The van der Waals surface area contributed by atoms with Gasteiger partial charge in [0, 0.05) is 13.1 Å². The van der Waals surface area contributed by atoms with E-state index in [1.807, 2.05) is 6.92 Å². The van der Waals surface area contributed by atoms with Gasteiger partial charge >= 0.3 is 0 Å². The summed E-state index contributed by atoms with van der Waals surface area (Å²) in [5, 5.41) is 6.14. The fourth-order valence-corrected chi connectivity index (χ4v) is 2.66. The number of aromatic nitrogens is 3. The summed E-state index contributed by atoms with van der Waals surface area (Å²) >= 11 is 0. The summed E-state index contributed by atoms with van der Waals surface area (Å²) in [6, 6.07) is 6.32. The molecule has 1 aromatic heterocycles. The van der Waals surface area contributed by atoms with Crippen molar-refractivity contribution in [1.29, 1.82) is 0 Å². The van der Waals surface area contributed by atoms with E-state index in [0.717, 1.165) is 4.31 Å². The van der Waals surface area contributed by atoms with E-state index in [1.165, 1.54) is 25.5 Å². The molecule has 0 amide bonds. The van der Waals surface area contributed by atoms with Crippen LogP contribution in [0, 0.1) is 0 Å². The molecule has 0 unspecified atom stereocenters. The summed E-state index contributed by atoms with van der Waals surface area (Å²) < 4.78 is 31.1. The van der Waals surface area contributed by atoms with Crippen LogP contribution in [0.3, 0.4) is 0 Å². The Morgan fingerprint density at radius 1 is 1.42 bits per heavy atom. The number of nitrogens with zero attached hydrogens (tertiary/aromatic N) is 3. The molecule has 19 heavy (non-hydrogen) atoms. The van der Waals surface area contributed by atoms with E-state index in [4.69, 9.17) is 4.74 Å². The van der Waals surface area contributed by atoms with Crippen LogP contribution in [0.1, 0.15) is 6.92 Å². The van der Waals surface area contributed by atoms with Gasteiger partial charge in [0.05, 0.1) is 11.5 Å². The van der Waals surface area contributed by atoms with E-state index in [9.17, 15) is 8.42 Å². The van der Waals surface area contributed by atoms with Gasteiger partial charge in [-0.2, -0.15) is 10.1 Å².